The molecule has 6 nitrogen and oxygen atoms in total. The zero-order valence-corrected chi connectivity index (χ0v) is 12.0. The van der Waals surface area contributed by atoms with E-state index in [1.54, 1.807) is 18.9 Å². The van der Waals surface area contributed by atoms with E-state index in [9.17, 15) is 9.59 Å². The average molecular weight is 272 g/mol. The van der Waals surface area contributed by atoms with E-state index in [0.717, 1.165) is 12.8 Å². The molecule has 1 aliphatic rings. The third kappa shape index (κ3) is 4.70. The van der Waals surface area contributed by atoms with Crippen molar-refractivity contribution in [3.63, 3.8) is 0 Å². The van der Waals surface area contributed by atoms with Crippen LogP contribution in [0.3, 0.4) is 0 Å². The number of ether oxygens (including phenoxy) is 1. The standard InChI is InChI=1S/C13H24N2O4/c1-4-14(9-12(16)17)13(18)15(7-8-19-3)10(2)11-5-6-11/h10-11H,4-9H2,1-3H3,(H,16,17). The molecule has 1 rings (SSSR count). The topological polar surface area (TPSA) is 70.1 Å². The van der Waals surface area contributed by atoms with Crippen molar-refractivity contribution < 1.29 is 19.4 Å². The van der Waals surface area contributed by atoms with Gasteiger partial charge in [-0.05, 0) is 32.6 Å². The van der Waals surface area contributed by atoms with Gasteiger partial charge in [0.15, 0.2) is 0 Å². The lowest BCUT2D eigenvalue weighted by molar-refractivity contribution is -0.137. The fraction of sp³-hybridized carbons (Fsp3) is 0.846. The minimum Gasteiger partial charge on any atom is -0.480 e. The third-order valence-electron chi connectivity index (χ3n) is 3.56. The van der Waals surface area contributed by atoms with Crippen LogP contribution in [0.1, 0.15) is 26.7 Å². The number of hydrogen-bond acceptors (Lipinski definition) is 3. The first-order valence-corrected chi connectivity index (χ1v) is 6.77. The second-order valence-corrected chi connectivity index (χ2v) is 4.95. The molecule has 6 heteroatoms. The Morgan fingerprint density at radius 1 is 1.42 bits per heavy atom. The number of carboxylic acids is 1. The Morgan fingerprint density at radius 2 is 2.05 bits per heavy atom. The van der Waals surface area contributed by atoms with Crippen molar-refractivity contribution in [1.82, 2.24) is 9.80 Å². The van der Waals surface area contributed by atoms with Gasteiger partial charge in [0.2, 0.25) is 0 Å². The number of likely N-dealkylation sites (N-methyl/N-ethyl adjacent to an activating group) is 1. The second kappa shape index (κ2) is 7.33. The number of aliphatic carboxylic acids is 1. The van der Waals surface area contributed by atoms with Crippen LogP contribution in [-0.4, -0.2) is 66.3 Å². The first kappa shape index (κ1) is 15.8. The van der Waals surface area contributed by atoms with Gasteiger partial charge in [-0.15, -0.1) is 0 Å². The van der Waals surface area contributed by atoms with E-state index in [2.05, 4.69) is 0 Å². The molecule has 0 bridgehead atoms. The van der Waals surface area contributed by atoms with Crippen molar-refractivity contribution in [2.45, 2.75) is 32.7 Å². The molecule has 110 valence electrons. The normalized spacial score (nSPS) is 15.9. The van der Waals surface area contributed by atoms with E-state index >= 15 is 0 Å². The van der Waals surface area contributed by atoms with Crippen LogP contribution in [0.15, 0.2) is 0 Å². The molecule has 1 fully saturated rings. The smallest absolute Gasteiger partial charge is 0.323 e. The maximum atomic E-state index is 12.4. The molecule has 0 heterocycles. The number of carbonyl (C=O) groups is 2. The molecule has 0 radical (unpaired) electrons. The number of hydrogen-bond donors (Lipinski definition) is 1. The van der Waals surface area contributed by atoms with E-state index in [4.69, 9.17) is 9.84 Å². The summed E-state index contributed by atoms with van der Waals surface area (Å²) >= 11 is 0. The highest BCUT2D eigenvalue weighted by Crippen LogP contribution is 2.35. The molecule has 0 spiro atoms. The van der Waals surface area contributed by atoms with Gasteiger partial charge in [-0.3, -0.25) is 4.79 Å². The van der Waals surface area contributed by atoms with Crippen LogP contribution in [0.25, 0.3) is 0 Å². The van der Waals surface area contributed by atoms with Crippen LogP contribution >= 0.6 is 0 Å². The number of carbonyl (C=O) groups excluding carboxylic acids is 1. The Labute approximate surface area is 114 Å². The largest absolute Gasteiger partial charge is 0.480 e. The fourth-order valence-corrected chi connectivity index (χ4v) is 2.16. The summed E-state index contributed by atoms with van der Waals surface area (Å²) in [5.41, 5.74) is 0. The van der Waals surface area contributed by atoms with Crippen LogP contribution in [0.2, 0.25) is 0 Å². The maximum Gasteiger partial charge on any atom is 0.323 e. The molecule has 0 saturated heterocycles. The van der Waals surface area contributed by atoms with Gasteiger partial charge < -0.3 is 19.6 Å². The van der Waals surface area contributed by atoms with E-state index in [-0.39, 0.29) is 18.6 Å². The van der Waals surface area contributed by atoms with E-state index in [1.807, 2.05) is 6.92 Å². The van der Waals surface area contributed by atoms with Crippen molar-refractivity contribution in [3.8, 4) is 0 Å². The summed E-state index contributed by atoms with van der Waals surface area (Å²) < 4.78 is 5.04. The van der Waals surface area contributed by atoms with Crippen LogP contribution < -0.4 is 0 Å². The number of rotatable bonds is 8. The quantitative estimate of drug-likeness (QED) is 0.722. The Balaban J connectivity index is 2.69. The summed E-state index contributed by atoms with van der Waals surface area (Å²) in [6.45, 7) is 4.93. The first-order chi connectivity index (χ1) is 9.01. The van der Waals surface area contributed by atoms with Crippen LogP contribution in [0, 0.1) is 5.92 Å². The van der Waals surface area contributed by atoms with Crippen LogP contribution in [0.4, 0.5) is 4.79 Å². The molecule has 0 aromatic carbocycles. The predicted octanol–water partition coefficient (Wildman–Crippen LogP) is 1.26. The summed E-state index contributed by atoms with van der Waals surface area (Å²) in [5, 5.41) is 8.84. The molecule has 1 saturated carbocycles. The molecule has 1 atom stereocenters. The Morgan fingerprint density at radius 3 is 2.47 bits per heavy atom. The van der Waals surface area contributed by atoms with Crippen molar-refractivity contribution >= 4 is 12.0 Å². The molecule has 19 heavy (non-hydrogen) atoms. The lowest BCUT2D eigenvalue weighted by Gasteiger charge is -2.33. The van der Waals surface area contributed by atoms with Crippen LogP contribution in [-0.2, 0) is 9.53 Å². The maximum absolute atomic E-state index is 12.4. The zero-order valence-electron chi connectivity index (χ0n) is 12.0. The molecular formula is C13H24N2O4. The van der Waals surface area contributed by atoms with Crippen molar-refractivity contribution in [2.24, 2.45) is 5.92 Å². The third-order valence-corrected chi connectivity index (χ3v) is 3.56. The molecule has 0 aromatic heterocycles. The molecule has 1 aliphatic carbocycles. The molecule has 1 unspecified atom stereocenters. The summed E-state index contributed by atoms with van der Waals surface area (Å²) in [6.07, 6.45) is 2.28. The minimum atomic E-state index is -0.985. The van der Waals surface area contributed by atoms with E-state index in [0.29, 0.717) is 25.6 Å². The summed E-state index contributed by atoms with van der Waals surface area (Å²) in [7, 11) is 1.60. The second-order valence-electron chi connectivity index (χ2n) is 4.95. The molecule has 1 N–H and O–H groups in total. The summed E-state index contributed by atoms with van der Waals surface area (Å²) in [5.74, 6) is -0.440. The molecule has 0 aliphatic heterocycles. The van der Waals surface area contributed by atoms with E-state index < -0.39 is 5.97 Å². The van der Waals surface area contributed by atoms with Gasteiger partial charge in [-0.25, -0.2) is 4.79 Å². The van der Waals surface area contributed by atoms with Gasteiger partial charge in [0.1, 0.15) is 6.54 Å². The number of carboxylic acid groups (broad SMARTS) is 1. The monoisotopic (exact) mass is 272 g/mol. The molecular weight excluding hydrogens is 248 g/mol. The van der Waals surface area contributed by atoms with Crippen molar-refractivity contribution in [3.05, 3.63) is 0 Å². The van der Waals surface area contributed by atoms with Gasteiger partial charge in [-0.1, -0.05) is 0 Å². The highest BCUT2D eigenvalue weighted by atomic mass is 16.5. The Kier molecular flexibility index (Phi) is 6.08. The summed E-state index contributed by atoms with van der Waals surface area (Å²) in [6, 6.07) is -0.0631. The van der Waals surface area contributed by atoms with Gasteiger partial charge in [-0.2, -0.15) is 0 Å². The van der Waals surface area contributed by atoms with E-state index in [1.165, 1.54) is 4.90 Å². The highest BCUT2D eigenvalue weighted by Gasteiger charge is 2.35. The van der Waals surface area contributed by atoms with Crippen molar-refractivity contribution in [2.75, 3.05) is 33.4 Å². The van der Waals surface area contributed by atoms with Crippen molar-refractivity contribution in [1.29, 1.82) is 0 Å². The number of amides is 2. The lowest BCUT2D eigenvalue weighted by atomic mass is 10.2. The minimum absolute atomic E-state index is 0.144. The Bertz CT molecular complexity index is 318. The number of urea groups is 1. The fourth-order valence-electron chi connectivity index (χ4n) is 2.16. The Hall–Kier alpha value is -1.30. The van der Waals surface area contributed by atoms with Gasteiger partial charge in [0.05, 0.1) is 6.61 Å². The number of methoxy groups -OCH3 is 1. The van der Waals surface area contributed by atoms with Gasteiger partial charge >= 0.3 is 12.0 Å². The average Bonchev–Trinajstić information content (AvgIpc) is 3.19. The lowest BCUT2D eigenvalue weighted by Crippen LogP contribution is -2.50. The molecule has 0 aromatic rings. The van der Waals surface area contributed by atoms with Gasteiger partial charge in [0.25, 0.3) is 0 Å². The first-order valence-electron chi connectivity index (χ1n) is 6.77. The van der Waals surface area contributed by atoms with Gasteiger partial charge in [0, 0.05) is 26.2 Å². The zero-order chi connectivity index (χ0) is 14.4. The van der Waals surface area contributed by atoms with Crippen LogP contribution in [0.5, 0.6) is 0 Å². The molecule has 2 amide bonds. The number of nitrogens with zero attached hydrogens (tertiary/aromatic N) is 2. The highest BCUT2D eigenvalue weighted by molar-refractivity contribution is 5.80. The predicted molar refractivity (Wildman–Crippen MR) is 71.0 cm³/mol. The summed E-state index contributed by atoms with van der Waals surface area (Å²) in [4.78, 5) is 26.3. The SMILES string of the molecule is CCN(CC(=O)O)C(=O)N(CCOC)C(C)C1CC1.